The van der Waals surface area contributed by atoms with Gasteiger partial charge in [0.1, 0.15) is 0 Å². The van der Waals surface area contributed by atoms with Gasteiger partial charge in [0.05, 0.1) is 0 Å². The monoisotopic (exact) mass is 270 g/mol. The number of rotatable bonds is 2. The molecule has 0 saturated carbocycles. The van der Waals surface area contributed by atoms with Crippen LogP contribution in [0, 0.1) is 0 Å². The van der Waals surface area contributed by atoms with E-state index in [2.05, 4.69) is 0 Å². The van der Waals surface area contributed by atoms with Crippen molar-refractivity contribution in [2.45, 2.75) is 0 Å². The molecule has 0 saturated heterocycles. The molecule has 0 fully saturated rings. The summed E-state index contributed by atoms with van der Waals surface area (Å²) in [6.45, 7) is 0. The summed E-state index contributed by atoms with van der Waals surface area (Å²) >= 11 is 1.23. The predicted octanol–water partition coefficient (Wildman–Crippen LogP) is 2.18. The van der Waals surface area contributed by atoms with E-state index < -0.39 is 0 Å². The van der Waals surface area contributed by atoms with Crippen molar-refractivity contribution in [3.63, 3.8) is 0 Å². The van der Waals surface area contributed by atoms with Gasteiger partial charge in [0.25, 0.3) is 0 Å². The maximum atomic E-state index is 9.56. The molecule has 0 aromatic heterocycles. The molecule has 2 N–H and O–H groups in total. The number of phenolic OH excluding ortho intramolecular Hbond substituents is 2. The van der Waals surface area contributed by atoms with Crippen LogP contribution in [0.4, 0.5) is 0 Å². The van der Waals surface area contributed by atoms with Crippen LogP contribution in [-0.4, -0.2) is 20.2 Å². The first kappa shape index (κ1) is 11.7. The van der Waals surface area contributed by atoms with Crippen LogP contribution >= 0.6 is 0 Å². The van der Waals surface area contributed by atoms with Gasteiger partial charge in [0, 0.05) is 0 Å². The van der Waals surface area contributed by atoms with Gasteiger partial charge in [0.2, 0.25) is 0 Å². The third-order valence-electron chi connectivity index (χ3n) is 2.18. The van der Waals surface area contributed by atoms with Crippen molar-refractivity contribution in [1.29, 1.82) is 0 Å². The molecule has 0 aliphatic heterocycles. The molecule has 0 aliphatic carbocycles. The van der Waals surface area contributed by atoms with Gasteiger partial charge in [-0.05, 0) is 0 Å². The fraction of sp³-hybridized carbons (Fsp3) is 0. The Labute approximate surface area is 105 Å². The molecule has 0 aliphatic rings. The van der Waals surface area contributed by atoms with Gasteiger partial charge in [-0.2, -0.15) is 0 Å². The first-order valence-corrected chi connectivity index (χ1v) is 6.18. The van der Waals surface area contributed by atoms with Crippen LogP contribution in [0.5, 0.6) is 11.5 Å². The summed E-state index contributed by atoms with van der Waals surface area (Å²) < 4.78 is 0. The van der Waals surface area contributed by atoms with E-state index in [4.69, 9.17) is 0 Å². The minimum absolute atomic E-state index is 0.260. The molecule has 0 bridgehead atoms. The zero-order valence-corrected chi connectivity index (χ0v) is 9.97. The number of phenols is 2. The fourth-order valence-corrected chi connectivity index (χ4v) is 2.19. The zero-order valence-electron chi connectivity index (χ0n) is 8.98. The van der Waals surface area contributed by atoms with E-state index in [1.54, 1.807) is 24.3 Å². The Morgan fingerprint density at radius 3 is 1.53 bits per heavy atom. The van der Waals surface area contributed by atoms with Crippen LogP contribution in [0.1, 0.15) is 11.1 Å². The van der Waals surface area contributed by atoms with Crippen LogP contribution in [0.3, 0.4) is 0 Å². The second kappa shape index (κ2) is 5.56. The summed E-state index contributed by atoms with van der Waals surface area (Å²) in [5, 5.41) is 19.1. The summed E-state index contributed by atoms with van der Waals surface area (Å²) in [5.41, 5.74) is 1.55. The molecule has 2 aromatic carbocycles. The molecule has 2 aromatic rings. The van der Waals surface area contributed by atoms with Crippen LogP contribution in [0.15, 0.2) is 48.5 Å². The first-order chi connectivity index (χ1) is 8.27. The molecule has 0 heterocycles. The Hall–Kier alpha value is -1.73. The predicted molar refractivity (Wildman–Crippen MR) is 66.5 cm³/mol. The van der Waals surface area contributed by atoms with Gasteiger partial charge in [-0.15, -0.1) is 0 Å². The molecule has 0 spiro atoms. The molecule has 3 heteroatoms. The zero-order chi connectivity index (χ0) is 12.1. The fourth-order valence-electron chi connectivity index (χ4n) is 1.27. The van der Waals surface area contributed by atoms with E-state index in [0.717, 1.165) is 11.1 Å². The Morgan fingerprint density at radius 1 is 0.706 bits per heavy atom. The standard InChI is InChI=1S/2C7H6O.Ni/c2*1-6-4-2-3-5-7(6)8;/h2*1-5,8H;. The Morgan fingerprint density at radius 2 is 1.12 bits per heavy atom. The van der Waals surface area contributed by atoms with E-state index in [9.17, 15) is 10.2 Å². The third-order valence-corrected chi connectivity index (χ3v) is 3.12. The SMILES string of the molecule is Oc1ccccc1[CH]=[Ni]=[CH]c1ccccc1O. The summed E-state index contributed by atoms with van der Waals surface area (Å²) in [4.78, 5) is 3.71. The molecule has 17 heavy (non-hydrogen) atoms. The number of benzene rings is 2. The number of para-hydroxylation sites is 2. The third kappa shape index (κ3) is 3.11. The van der Waals surface area contributed by atoms with Gasteiger partial charge in [0.15, 0.2) is 0 Å². The van der Waals surface area contributed by atoms with E-state index in [-0.39, 0.29) is 11.5 Å². The molecule has 0 atom stereocenters. The molecule has 2 rings (SSSR count). The van der Waals surface area contributed by atoms with Gasteiger partial charge in [-0.3, -0.25) is 0 Å². The maximum absolute atomic E-state index is 9.56. The van der Waals surface area contributed by atoms with E-state index >= 15 is 0 Å². The number of hydrogen-bond acceptors (Lipinski definition) is 2. The first-order valence-electron chi connectivity index (χ1n) is 5.04. The van der Waals surface area contributed by atoms with Crippen molar-refractivity contribution in [2.75, 3.05) is 0 Å². The van der Waals surface area contributed by atoms with E-state index in [0.29, 0.717) is 0 Å². The Bertz CT molecular complexity index is 535. The van der Waals surface area contributed by atoms with Crippen molar-refractivity contribution in [2.24, 2.45) is 0 Å². The van der Waals surface area contributed by atoms with Crippen molar-refractivity contribution in [3.8, 4) is 11.5 Å². The summed E-state index contributed by atoms with van der Waals surface area (Å²) in [6.07, 6.45) is 0. The van der Waals surface area contributed by atoms with Crippen molar-refractivity contribution in [3.05, 3.63) is 59.7 Å². The van der Waals surface area contributed by atoms with Gasteiger partial charge in [-0.1, -0.05) is 0 Å². The van der Waals surface area contributed by atoms with Crippen LogP contribution in [0.2, 0.25) is 0 Å². The van der Waals surface area contributed by atoms with E-state index in [1.165, 1.54) is 13.6 Å². The second-order valence-electron chi connectivity index (χ2n) is 3.41. The van der Waals surface area contributed by atoms with Crippen LogP contribution in [-0.2, 0) is 13.6 Å². The number of hydrogen-bond donors (Lipinski definition) is 2. The Balaban J connectivity index is 2.28. The van der Waals surface area contributed by atoms with Crippen LogP contribution in [0.25, 0.3) is 0 Å². The molecular formula is C14H12NiO2. The van der Waals surface area contributed by atoms with Crippen molar-refractivity contribution < 1.29 is 23.8 Å². The van der Waals surface area contributed by atoms with Gasteiger partial charge < -0.3 is 0 Å². The minimum atomic E-state index is 0.260. The molecule has 0 amide bonds. The molecule has 0 unspecified atom stereocenters. The van der Waals surface area contributed by atoms with Crippen molar-refractivity contribution in [1.82, 2.24) is 0 Å². The van der Waals surface area contributed by atoms with Crippen LogP contribution < -0.4 is 0 Å². The van der Waals surface area contributed by atoms with Gasteiger partial charge in [-0.25, -0.2) is 0 Å². The summed E-state index contributed by atoms with van der Waals surface area (Å²) in [5.74, 6) is 0.521. The van der Waals surface area contributed by atoms with Gasteiger partial charge >= 0.3 is 105 Å². The van der Waals surface area contributed by atoms with E-state index in [1.807, 2.05) is 34.3 Å². The normalized spacial score (nSPS) is 10.1. The average Bonchev–Trinajstić information content (AvgIpc) is 2.34. The molecule has 90 valence electrons. The molecule has 2 nitrogen and oxygen atoms in total. The topological polar surface area (TPSA) is 40.5 Å². The molecule has 0 radical (unpaired) electrons. The Kier molecular flexibility index (Phi) is 3.84. The molecular weight excluding hydrogens is 259 g/mol. The average molecular weight is 271 g/mol. The quantitative estimate of drug-likeness (QED) is 0.822. The summed E-state index contributed by atoms with van der Waals surface area (Å²) in [6, 6.07) is 14.3. The summed E-state index contributed by atoms with van der Waals surface area (Å²) in [7, 11) is 0. The second-order valence-corrected chi connectivity index (χ2v) is 4.31. The number of aromatic hydroxyl groups is 2. The van der Waals surface area contributed by atoms with Crippen molar-refractivity contribution >= 4 is 9.99 Å².